The van der Waals surface area contributed by atoms with E-state index < -0.39 is 0 Å². The Morgan fingerprint density at radius 2 is 1.77 bits per heavy atom. The quantitative estimate of drug-likeness (QED) is 0.350. The van der Waals surface area contributed by atoms with Crippen LogP contribution < -0.4 is 0 Å². The van der Waals surface area contributed by atoms with Crippen molar-refractivity contribution in [2.45, 2.75) is 17.3 Å². The molecule has 5 rings (SSSR count). The monoisotopic (exact) mass is 417 g/mol. The maximum absolute atomic E-state index is 5.46. The molecule has 2 aromatic heterocycles. The number of morpholine rings is 1. The molecular weight excluding hydrogens is 394 g/mol. The first kappa shape index (κ1) is 19.2. The molecule has 1 fully saturated rings. The third-order valence-corrected chi connectivity index (χ3v) is 6.23. The van der Waals surface area contributed by atoms with Gasteiger partial charge < -0.3 is 4.74 Å². The first-order valence-electron chi connectivity index (χ1n) is 10.1. The van der Waals surface area contributed by atoms with Gasteiger partial charge in [-0.3, -0.25) is 4.90 Å². The molecule has 4 aromatic rings. The van der Waals surface area contributed by atoms with Gasteiger partial charge in [0.2, 0.25) is 0 Å². The highest BCUT2D eigenvalue weighted by Crippen LogP contribution is 2.28. The van der Waals surface area contributed by atoms with Crippen LogP contribution in [0.4, 0.5) is 0 Å². The lowest BCUT2D eigenvalue weighted by Crippen LogP contribution is -2.36. The van der Waals surface area contributed by atoms with Crippen molar-refractivity contribution in [1.82, 2.24) is 24.6 Å². The van der Waals surface area contributed by atoms with E-state index in [-0.39, 0.29) is 0 Å². The van der Waals surface area contributed by atoms with Gasteiger partial charge in [-0.25, -0.2) is 14.6 Å². The molecule has 30 heavy (non-hydrogen) atoms. The third-order valence-electron chi connectivity index (χ3n) is 5.16. The molecule has 0 radical (unpaired) electrons. The fourth-order valence-corrected chi connectivity index (χ4v) is 4.55. The number of rotatable bonds is 6. The van der Waals surface area contributed by atoms with Gasteiger partial charge in [-0.05, 0) is 29.8 Å². The van der Waals surface area contributed by atoms with Crippen molar-refractivity contribution in [2.75, 3.05) is 26.3 Å². The minimum Gasteiger partial charge on any atom is -0.379 e. The molecule has 0 aliphatic carbocycles. The molecule has 0 bridgehead atoms. The van der Waals surface area contributed by atoms with E-state index in [2.05, 4.69) is 52.5 Å². The summed E-state index contributed by atoms with van der Waals surface area (Å²) < 4.78 is 7.33. The van der Waals surface area contributed by atoms with E-state index in [1.807, 2.05) is 23.0 Å². The summed E-state index contributed by atoms with van der Waals surface area (Å²) in [5.74, 6) is 1.74. The second kappa shape index (κ2) is 8.95. The van der Waals surface area contributed by atoms with E-state index in [1.165, 1.54) is 5.56 Å². The Balaban J connectivity index is 1.35. The zero-order chi connectivity index (χ0) is 20.2. The van der Waals surface area contributed by atoms with Crippen LogP contribution in [-0.2, 0) is 17.0 Å². The molecule has 7 heteroatoms. The molecule has 0 atom stereocenters. The van der Waals surface area contributed by atoms with Crippen molar-refractivity contribution in [3.63, 3.8) is 0 Å². The Morgan fingerprint density at radius 3 is 2.57 bits per heavy atom. The van der Waals surface area contributed by atoms with Crippen LogP contribution in [0, 0.1) is 0 Å². The normalized spacial score (nSPS) is 14.9. The molecule has 3 heterocycles. The molecule has 152 valence electrons. The van der Waals surface area contributed by atoms with E-state index in [0.29, 0.717) is 0 Å². The van der Waals surface area contributed by atoms with E-state index in [4.69, 9.17) is 14.7 Å². The van der Waals surface area contributed by atoms with Gasteiger partial charge in [-0.2, -0.15) is 5.10 Å². The van der Waals surface area contributed by atoms with Crippen molar-refractivity contribution >= 4 is 22.7 Å². The van der Waals surface area contributed by atoms with Crippen molar-refractivity contribution in [3.05, 3.63) is 78.4 Å². The minimum absolute atomic E-state index is 0.764. The van der Waals surface area contributed by atoms with Gasteiger partial charge >= 0.3 is 0 Å². The highest BCUT2D eigenvalue weighted by molar-refractivity contribution is 7.98. The predicted octanol–water partition coefficient (Wildman–Crippen LogP) is 3.94. The smallest absolute Gasteiger partial charge is 0.144 e. The van der Waals surface area contributed by atoms with E-state index in [9.17, 15) is 0 Å². The largest absolute Gasteiger partial charge is 0.379 e. The average Bonchev–Trinajstić information content (AvgIpc) is 3.33. The van der Waals surface area contributed by atoms with Crippen LogP contribution in [0.25, 0.3) is 16.6 Å². The summed E-state index contributed by atoms with van der Waals surface area (Å²) in [4.78, 5) is 12.1. The standard InChI is InChI=1S/C23H23N5OS/c1-2-5-21-20(4-1)23(26-22(25-21)16-27-12-14-29-15-13-27)30-17-18-6-8-19(9-7-18)28-11-3-10-24-28/h1-11H,12-17H2. The topological polar surface area (TPSA) is 56.1 Å². The summed E-state index contributed by atoms with van der Waals surface area (Å²) in [6.07, 6.45) is 3.74. The zero-order valence-electron chi connectivity index (χ0n) is 16.6. The van der Waals surface area contributed by atoms with Crippen LogP contribution in [0.2, 0.25) is 0 Å². The second-order valence-corrected chi connectivity index (χ2v) is 8.22. The van der Waals surface area contributed by atoms with Crippen LogP contribution in [0.15, 0.2) is 72.0 Å². The van der Waals surface area contributed by atoms with Gasteiger partial charge in [0.1, 0.15) is 10.9 Å². The van der Waals surface area contributed by atoms with Gasteiger partial charge in [-0.1, -0.05) is 30.3 Å². The second-order valence-electron chi connectivity index (χ2n) is 7.26. The Hall–Kier alpha value is -2.74. The first-order chi connectivity index (χ1) is 14.8. The number of fused-ring (bicyclic) bond motifs is 1. The third kappa shape index (κ3) is 4.38. The van der Waals surface area contributed by atoms with E-state index >= 15 is 0 Å². The first-order valence-corrected chi connectivity index (χ1v) is 11.1. The predicted molar refractivity (Wildman–Crippen MR) is 119 cm³/mol. The number of thioether (sulfide) groups is 1. The number of hydrogen-bond acceptors (Lipinski definition) is 6. The number of benzene rings is 2. The number of ether oxygens (including phenoxy) is 1. The van der Waals surface area contributed by atoms with Crippen LogP contribution in [-0.4, -0.2) is 51.0 Å². The van der Waals surface area contributed by atoms with Gasteiger partial charge in [0.05, 0.1) is 31.0 Å². The van der Waals surface area contributed by atoms with Crippen LogP contribution in [0.3, 0.4) is 0 Å². The maximum atomic E-state index is 5.46. The Kier molecular flexibility index (Phi) is 5.74. The Bertz CT molecular complexity index is 1110. The van der Waals surface area contributed by atoms with Gasteiger partial charge in [0.25, 0.3) is 0 Å². The molecule has 0 amide bonds. The fourth-order valence-electron chi connectivity index (χ4n) is 3.55. The van der Waals surface area contributed by atoms with Crippen molar-refractivity contribution in [3.8, 4) is 5.69 Å². The summed E-state index contributed by atoms with van der Waals surface area (Å²) in [5, 5.41) is 6.44. The Morgan fingerprint density at radius 1 is 0.933 bits per heavy atom. The fraction of sp³-hybridized carbons (Fsp3) is 0.261. The maximum Gasteiger partial charge on any atom is 0.144 e. The van der Waals surface area contributed by atoms with E-state index in [1.54, 1.807) is 18.0 Å². The zero-order valence-corrected chi connectivity index (χ0v) is 17.5. The van der Waals surface area contributed by atoms with E-state index in [0.717, 1.165) is 66.0 Å². The molecule has 0 unspecified atom stereocenters. The summed E-state index contributed by atoms with van der Waals surface area (Å²) >= 11 is 1.77. The number of aromatic nitrogens is 4. The van der Waals surface area contributed by atoms with Crippen molar-refractivity contribution < 1.29 is 4.74 Å². The van der Waals surface area contributed by atoms with Gasteiger partial charge in [0.15, 0.2) is 0 Å². The summed E-state index contributed by atoms with van der Waals surface area (Å²) in [6, 6.07) is 18.7. The Labute approximate surface area is 179 Å². The lowest BCUT2D eigenvalue weighted by molar-refractivity contribution is 0.0330. The molecule has 2 aromatic carbocycles. The molecule has 0 N–H and O–H groups in total. The molecular formula is C23H23N5OS. The van der Waals surface area contributed by atoms with Crippen LogP contribution in [0.5, 0.6) is 0 Å². The van der Waals surface area contributed by atoms with Crippen LogP contribution in [0.1, 0.15) is 11.4 Å². The summed E-state index contributed by atoms with van der Waals surface area (Å²) in [6.45, 7) is 4.19. The number of hydrogen-bond donors (Lipinski definition) is 0. The molecule has 6 nitrogen and oxygen atoms in total. The minimum atomic E-state index is 0.764. The van der Waals surface area contributed by atoms with Gasteiger partial charge in [-0.15, -0.1) is 11.8 Å². The highest BCUT2D eigenvalue weighted by Gasteiger charge is 2.14. The van der Waals surface area contributed by atoms with Crippen LogP contribution >= 0.6 is 11.8 Å². The summed E-state index contributed by atoms with van der Waals surface area (Å²) in [7, 11) is 0. The SMILES string of the molecule is c1ccc2c(SCc3ccc(-n4cccn4)cc3)nc(CN3CCOCC3)nc2c1. The summed E-state index contributed by atoms with van der Waals surface area (Å²) in [5.41, 5.74) is 3.33. The number of nitrogens with zero attached hydrogens (tertiary/aromatic N) is 5. The molecule has 1 aliphatic heterocycles. The highest BCUT2D eigenvalue weighted by atomic mass is 32.2. The lowest BCUT2D eigenvalue weighted by Gasteiger charge is -2.25. The molecule has 1 saturated heterocycles. The van der Waals surface area contributed by atoms with Crippen molar-refractivity contribution in [1.29, 1.82) is 0 Å². The average molecular weight is 418 g/mol. The number of para-hydroxylation sites is 1. The van der Waals surface area contributed by atoms with Gasteiger partial charge in [0, 0.05) is 36.6 Å². The lowest BCUT2D eigenvalue weighted by atomic mass is 10.2. The van der Waals surface area contributed by atoms with Crippen molar-refractivity contribution in [2.24, 2.45) is 0 Å². The molecule has 0 saturated carbocycles. The molecule has 0 spiro atoms. The molecule has 1 aliphatic rings.